The molecule has 0 bridgehead atoms. The molecule has 2 rings (SSSR count). The Morgan fingerprint density at radius 3 is 2.55 bits per heavy atom. The fraction of sp³-hybridized carbons (Fsp3) is 0.647. The van der Waals surface area contributed by atoms with Crippen LogP contribution in [0.1, 0.15) is 30.9 Å². The second kappa shape index (κ2) is 7.77. The molecule has 3 heteroatoms. The van der Waals surface area contributed by atoms with Gasteiger partial charge in [0.25, 0.3) is 0 Å². The fourth-order valence-corrected chi connectivity index (χ4v) is 3.14. The zero-order valence-corrected chi connectivity index (χ0v) is 13.0. The van der Waals surface area contributed by atoms with E-state index in [1.165, 1.54) is 24.0 Å². The second-order valence-corrected chi connectivity index (χ2v) is 5.98. The van der Waals surface area contributed by atoms with E-state index in [2.05, 4.69) is 47.9 Å². The van der Waals surface area contributed by atoms with Gasteiger partial charge in [-0.25, -0.2) is 0 Å². The lowest BCUT2D eigenvalue weighted by molar-refractivity contribution is 0.0905. The highest BCUT2D eigenvalue weighted by Gasteiger charge is 2.22. The van der Waals surface area contributed by atoms with Crippen LogP contribution < -0.4 is 5.73 Å². The van der Waals surface area contributed by atoms with E-state index < -0.39 is 0 Å². The third kappa shape index (κ3) is 4.30. The van der Waals surface area contributed by atoms with Crippen molar-refractivity contribution in [2.45, 2.75) is 39.3 Å². The minimum absolute atomic E-state index is 0.584. The van der Waals surface area contributed by atoms with Crippen molar-refractivity contribution in [2.24, 2.45) is 5.73 Å². The molecule has 1 aliphatic heterocycles. The average Bonchev–Trinajstić information content (AvgIpc) is 2.46. The first-order valence-electron chi connectivity index (χ1n) is 7.95. The number of piperazine rings is 1. The highest BCUT2D eigenvalue weighted by atomic mass is 15.3. The van der Waals surface area contributed by atoms with Gasteiger partial charge in [-0.2, -0.15) is 0 Å². The third-order valence-electron chi connectivity index (χ3n) is 4.31. The summed E-state index contributed by atoms with van der Waals surface area (Å²) in [5.41, 5.74) is 8.70. The van der Waals surface area contributed by atoms with Crippen molar-refractivity contribution in [3.05, 3.63) is 35.4 Å². The summed E-state index contributed by atoms with van der Waals surface area (Å²) in [5.74, 6) is 0. The molecule has 0 saturated carbocycles. The predicted molar refractivity (Wildman–Crippen MR) is 85.8 cm³/mol. The molecule has 1 unspecified atom stereocenters. The molecule has 1 atom stereocenters. The monoisotopic (exact) mass is 275 g/mol. The molecule has 0 radical (unpaired) electrons. The van der Waals surface area contributed by atoms with Gasteiger partial charge in [0.15, 0.2) is 0 Å². The molecule has 1 aliphatic rings. The molecule has 1 fully saturated rings. The van der Waals surface area contributed by atoms with Crippen molar-refractivity contribution in [2.75, 3.05) is 32.7 Å². The summed E-state index contributed by atoms with van der Waals surface area (Å²) in [5, 5.41) is 0. The molecule has 0 aliphatic carbocycles. The minimum atomic E-state index is 0.584. The molecular formula is C17H29N3. The minimum Gasteiger partial charge on any atom is -0.329 e. The van der Waals surface area contributed by atoms with E-state index in [9.17, 15) is 0 Å². The van der Waals surface area contributed by atoms with Crippen molar-refractivity contribution in [3.8, 4) is 0 Å². The topological polar surface area (TPSA) is 32.5 Å². The summed E-state index contributed by atoms with van der Waals surface area (Å²) in [6.45, 7) is 10.9. The summed E-state index contributed by atoms with van der Waals surface area (Å²) < 4.78 is 0. The number of rotatable bonds is 6. The summed E-state index contributed by atoms with van der Waals surface area (Å²) in [4.78, 5) is 5.14. The molecule has 0 spiro atoms. The van der Waals surface area contributed by atoms with E-state index in [4.69, 9.17) is 5.73 Å². The zero-order chi connectivity index (χ0) is 14.4. The van der Waals surface area contributed by atoms with Gasteiger partial charge in [-0.1, -0.05) is 43.2 Å². The van der Waals surface area contributed by atoms with Gasteiger partial charge in [0.05, 0.1) is 0 Å². The normalized spacial score (nSPS) is 19.1. The Balaban J connectivity index is 1.82. The lowest BCUT2D eigenvalue weighted by atomic mass is 10.1. The Morgan fingerprint density at radius 2 is 1.95 bits per heavy atom. The van der Waals surface area contributed by atoms with Gasteiger partial charge in [0.2, 0.25) is 0 Å². The lowest BCUT2D eigenvalue weighted by Crippen LogP contribution is -2.51. The first-order chi connectivity index (χ1) is 9.72. The highest BCUT2D eigenvalue weighted by Crippen LogP contribution is 2.13. The number of hydrogen-bond acceptors (Lipinski definition) is 3. The fourth-order valence-electron chi connectivity index (χ4n) is 3.14. The second-order valence-electron chi connectivity index (χ2n) is 5.98. The summed E-state index contributed by atoms with van der Waals surface area (Å²) >= 11 is 0. The van der Waals surface area contributed by atoms with Crippen LogP contribution in [0.4, 0.5) is 0 Å². The van der Waals surface area contributed by atoms with Crippen molar-refractivity contribution < 1.29 is 0 Å². The number of aryl methyl sites for hydroxylation is 1. The van der Waals surface area contributed by atoms with Crippen LogP contribution in [0.2, 0.25) is 0 Å². The number of benzene rings is 1. The van der Waals surface area contributed by atoms with Gasteiger partial charge in [0.1, 0.15) is 0 Å². The molecule has 1 aromatic carbocycles. The molecule has 1 aromatic rings. The predicted octanol–water partition coefficient (Wildman–Crippen LogP) is 2.24. The van der Waals surface area contributed by atoms with Crippen LogP contribution >= 0.6 is 0 Å². The maximum absolute atomic E-state index is 5.91. The number of nitrogens with zero attached hydrogens (tertiary/aromatic N) is 2. The molecule has 0 amide bonds. The summed E-state index contributed by atoms with van der Waals surface area (Å²) in [6, 6.07) is 9.44. The Morgan fingerprint density at radius 1 is 1.20 bits per heavy atom. The van der Waals surface area contributed by atoms with E-state index in [1.54, 1.807) is 0 Å². The molecule has 3 nitrogen and oxygen atoms in total. The van der Waals surface area contributed by atoms with Crippen molar-refractivity contribution in [1.29, 1.82) is 0 Å². The zero-order valence-electron chi connectivity index (χ0n) is 13.0. The molecular weight excluding hydrogens is 246 g/mol. The maximum Gasteiger partial charge on any atom is 0.0234 e. The number of nitrogens with two attached hydrogens (primary N) is 1. The van der Waals surface area contributed by atoms with E-state index in [1.807, 2.05) is 0 Å². The number of hydrogen-bond donors (Lipinski definition) is 1. The lowest BCUT2D eigenvalue weighted by Gasteiger charge is -2.39. The van der Waals surface area contributed by atoms with E-state index in [0.29, 0.717) is 6.04 Å². The Hall–Kier alpha value is -0.900. The van der Waals surface area contributed by atoms with Crippen LogP contribution in [-0.2, 0) is 6.54 Å². The van der Waals surface area contributed by atoms with E-state index >= 15 is 0 Å². The van der Waals surface area contributed by atoms with Crippen LogP contribution in [0.15, 0.2) is 24.3 Å². The molecule has 112 valence electrons. The molecule has 20 heavy (non-hydrogen) atoms. The standard InChI is InChI=1S/C17H29N3/c1-3-5-17(13-18)20-10-8-19(9-11-20)14-16-7-4-6-15(2)12-16/h4,6-7,12,17H,3,5,8-11,13-14,18H2,1-2H3. The van der Waals surface area contributed by atoms with Crippen molar-refractivity contribution in [1.82, 2.24) is 9.80 Å². The first-order valence-corrected chi connectivity index (χ1v) is 7.95. The molecule has 1 heterocycles. The smallest absolute Gasteiger partial charge is 0.0234 e. The van der Waals surface area contributed by atoms with Crippen molar-refractivity contribution >= 4 is 0 Å². The third-order valence-corrected chi connectivity index (χ3v) is 4.31. The van der Waals surface area contributed by atoms with Crippen LogP contribution in [0.25, 0.3) is 0 Å². The van der Waals surface area contributed by atoms with Crippen LogP contribution in [0, 0.1) is 6.92 Å². The Bertz CT molecular complexity index is 397. The van der Waals surface area contributed by atoms with Gasteiger partial charge in [-0.05, 0) is 18.9 Å². The van der Waals surface area contributed by atoms with Crippen LogP contribution in [-0.4, -0.2) is 48.6 Å². The molecule has 2 N–H and O–H groups in total. The van der Waals surface area contributed by atoms with Gasteiger partial charge in [-0.15, -0.1) is 0 Å². The van der Waals surface area contributed by atoms with Gasteiger partial charge in [0, 0.05) is 45.3 Å². The van der Waals surface area contributed by atoms with E-state index in [-0.39, 0.29) is 0 Å². The first kappa shape index (κ1) is 15.5. The van der Waals surface area contributed by atoms with Gasteiger partial charge < -0.3 is 5.73 Å². The van der Waals surface area contributed by atoms with Crippen molar-refractivity contribution in [3.63, 3.8) is 0 Å². The highest BCUT2D eigenvalue weighted by molar-refractivity contribution is 5.22. The van der Waals surface area contributed by atoms with Gasteiger partial charge >= 0.3 is 0 Å². The van der Waals surface area contributed by atoms with E-state index in [0.717, 1.165) is 39.3 Å². The molecule has 1 saturated heterocycles. The largest absolute Gasteiger partial charge is 0.329 e. The van der Waals surface area contributed by atoms with Crippen LogP contribution in [0.3, 0.4) is 0 Å². The Labute approximate surface area is 123 Å². The maximum atomic E-state index is 5.91. The quantitative estimate of drug-likeness (QED) is 0.864. The van der Waals surface area contributed by atoms with Crippen LogP contribution in [0.5, 0.6) is 0 Å². The average molecular weight is 275 g/mol. The van der Waals surface area contributed by atoms with Gasteiger partial charge in [-0.3, -0.25) is 9.80 Å². The summed E-state index contributed by atoms with van der Waals surface area (Å²) in [6.07, 6.45) is 2.46. The Kier molecular flexibility index (Phi) is 6.02. The summed E-state index contributed by atoms with van der Waals surface area (Å²) in [7, 11) is 0. The molecule has 0 aromatic heterocycles. The SMILES string of the molecule is CCCC(CN)N1CCN(Cc2cccc(C)c2)CC1.